The highest BCUT2D eigenvalue weighted by molar-refractivity contribution is 5.94. The van der Waals surface area contributed by atoms with Crippen LogP contribution in [0.1, 0.15) is 51.9 Å². The molecule has 1 heterocycles. The number of epoxide rings is 1. The summed E-state index contributed by atoms with van der Waals surface area (Å²) >= 11 is 0. The van der Waals surface area contributed by atoms with Gasteiger partial charge in [0.25, 0.3) is 0 Å². The number of aliphatic hydroxyl groups excluding tert-OH is 1. The average Bonchev–Trinajstić information content (AvgIpc) is 3.35. The highest BCUT2D eigenvalue weighted by Crippen LogP contribution is 2.39. The Labute approximate surface area is 142 Å². The molecule has 6 unspecified atom stereocenters. The van der Waals surface area contributed by atoms with Crippen LogP contribution < -0.4 is 0 Å². The number of carbonyl (C=O) groups is 2. The molecule has 3 fully saturated rings. The molecule has 3 rings (SSSR count). The van der Waals surface area contributed by atoms with Gasteiger partial charge in [-0.05, 0) is 57.3 Å². The molecule has 0 bridgehead atoms. The second-order valence-corrected chi connectivity index (χ2v) is 7.56. The summed E-state index contributed by atoms with van der Waals surface area (Å²) in [4.78, 5) is 24.0. The highest BCUT2D eigenvalue weighted by Gasteiger charge is 2.44. The fourth-order valence-corrected chi connectivity index (χ4v) is 3.80. The van der Waals surface area contributed by atoms with Gasteiger partial charge in [-0.15, -0.1) is 0 Å². The Hall–Kier alpha value is -1.14. The highest BCUT2D eigenvalue weighted by atomic mass is 16.6. The molecule has 0 spiro atoms. The van der Waals surface area contributed by atoms with Crippen molar-refractivity contribution in [3.05, 3.63) is 0 Å². The zero-order valence-corrected chi connectivity index (χ0v) is 14.3. The van der Waals surface area contributed by atoms with E-state index in [1.807, 2.05) is 0 Å². The molecule has 1 aliphatic heterocycles. The van der Waals surface area contributed by atoms with Crippen molar-refractivity contribution in [3.8, 4) is 0 Å². The standard InChI is InChI=1S/C18H28O6/c1-11(17(20)22-9-12-3-2-4-14(19)7-12)18(21)23-10-13-5-6-15-16(8-13)24-15/h11-16,19H,2-10H2,1H3. The van der Waals surface area contributed by atoms with E-state index in [0.29, 0.717) is 31.2 Å². The Balaban J connectivity index is 1.34. The zero-order chi connectivity index (χ0) is 17.1. The van der Waals surface area contributed by atoms with Crippen LogP contribution in [0.4, 0.5) is 0 Å². The molecule has 2 aliphatic carbocycles. The second kappa shape index (κ2) is 7.83. The summed E-state index contributed by atoms with van der Waals surface area (Å²) in [5.74, 6) is -1.41. The van der Waals surface area contributed by atoms with Gasteiger partial charge < -0.3 is 19.3 Å². The van der Waals surface area contributed by atoms with Gasteiger partial charge in [0.1, 0.15) is 0 Å². The number of ether oxygens (including phenoxy) is 3. The van der Waals surface area contributed by atoms with Gasteiger partial charge in [-0.25, -0.2) is 0 Å². The summed E-state index contributed by atoms with van der Waals surface area (Å²) in [6, 6.07) is 0. The Bertz CT molecular complexity index is 442. The van der Waals surface area contributed by atoms with E-state index in [9.17, 15) is 14.7 Å². The molecule has 6 heteroatoms. The molecule has 3 aliphatic rings. The number of esters is 2. The van der Waals surface area contributed by atoms with Crippen molar-refractivity contribution >= 4 is 11.9 Å². The Morgan fingerprint density at radius 1 is 1.00 bits per heavy atom. The first kappa shape index (κ1) is 17.7. The van der Waals surface area contributed by atoms with Gasteiger partial charge in [0, 0.05) is 0 Å². The van der Waals surface area contributed by atoms with Crippen molar-refractivity contribution < 1.29 is 28.9 Å². The van der Waals surface area contributed by atoms with Gasteiger partial charge in [-0.1, -0.05) is 6.42 Å². The number of hydrogen-bond acceptors (Lipinski definition) is 6. The zero-order valence-electron chi connectivity index (χ0n) is 14.3. The minimum absolute atomic E-state index is 0.189. The number of fused-ring (bicyclic) bond motifs is 1. The monoisotopic (exact) mass is 340 g/mol. The third-order valence-electron chi connectivity index (χ3n) is 5.50. The Morgan fingerprint density at radius 3 is 2.29 bits per heavy atom. The van der Waals surface area contributed by atoms with Crippen LogP contribution in [-0.2, 0) is 23.8 Å². The van der Waals surface area contributed by atoms with E-state index >= 15 is 0 Å². The van der Waals surface area contributed by atoms with Crippen molar-refractivity contribution in [1.82, 2.24) is 0 Å². The van der Waals surface area contributed by atoms with Crippen LogP contribution in [0.2, 0.25) is 0 Å². The lowest BCUT2D eigenvalue weighted by Gasteiger charge is -2.25. The smallest absolute Gasteiger partial charge is 0.320 e. The van der Waals surface area contributed by atoms with E-state index in [0.717, 1.165) is 38.5 Å². The maximum absolute atomic E-state index is 12.0. The molecule has 1 saturated heterocycles. The fraction of sp³-hybridized carbons (Fsp3) is 0.889. The molecule has 6 nitrogen and oxygen atoms in total. The maximum Gasteiger partial charge on any atom is 0.320 e. The molecule has 0 aromatic rings. The molecule has 24 heavy (non-hydrogen) atoms. The first-order chi connectivity index (χ1) is 11.5. The lowest BCUT2D eigenvalue weighted by molar-refractivity contribution is -0.163. The Kier molecular flexibility index (Phi) is 5.76. The summed E-state index contributed by atoms with van der Waals surface area (Å²) in [7, 11) is 0. The van der Waals surface area contributed by atoms with Crippen molar-refractivity contribution in [2.45, 2.75) is 70.2 Å². The van der Waals surface area contributed by atoms with Crippen LogP contribution in [0.3, 0.4) is 0 Å². The lowest BCUT2D eigenvalue weighted by Crippen LogP contribution is -2.30. The fourth-order valence-electron chi connectivity index (χ4n) is 3.80. The van der Waals surface area contributed by atoms with Crippen LogP contribution in [-0.4, -0.2) is 48.6 Å². The molecule has 1 N–H and O–H groups in total. The third kappa shape index (κ3) is 4.70. The van der Waals surface area contributed by atoms with Gasteiger partial charge in [0.2, 0.25) is 0 Å². The minimum atomic E-state index is -0.896. The maximum atomic E-state index is 12.0. The topological polar surface area (TPSA) is 85.4 Å². The van der Waals surface area contributed by atoms with Crippen molar-refractivity contribution in [2.75, 3.05) is 13.2 Å². The van der Waals surface area contributed by atoms with E-state index in [-0.39, 0.29) is 18.6 Å². The van der Waals surface area contributed by atoms with Crippen LogP contribution in [0.15, 0.2) is 0 Å². The molecule has 0 radical (unpaired) electrons. The van der Waals surface area contributed by atoms with Gasteiger partial charge in [0.15, 0.2) is 5.92 Å². The van der Waals surface area contributed by atoms with E-state index < -0.39 is 17.9 Å². The summed E-state index contributed by atoms with van der Waals surface area (Å²) < 4.78 is 16.0. The van der Waals surface area contributed by atoms with Crippen LogP contribution in [0.5, 0.6) is 0 Å². The second-order valence-electron chi connectivity index (χ2n) is 7.56. The Morgan fingerprint density at radius 2 is 1.67 bits per heavy atom. The summed E-state index contributed by atoms with van der Waals surface area (Å²) in [6.07, 6.45) is 6.88. The predicted octanol–water partition coefficient (Wildman–Crippen LogP) is 1.83. The van der Waals surface area contributed by atoms with E-state index in [4.69, 9.17) is 14.2 Å². The van der Waals surface area contributed by atoms with Crippen LogP contribution >= 0.6 is 0 Å². The summed E-state index contributed by atoms with van der Waals surface area (Å²) in [5, 5.41) is 9.63. The third-order valence-corrected chi connectivity index (χ3v) is 5.50. The molecular formula is C18H28O6. The normalized spacial score (nSPS) is 36.3. The molecule has 0 amide bonds. The van der Waals surface area contributed by atoms with Gasteiger partial charge >= 0.3 is 11.9 Å². The van der Waals surface area contributed by atoms with E-state index in [1.54, 1.807) is 0 Å². The minimum Gasteiger partial charge on any atom is -0.465 e. The SMILES string of the molecule is CC(C(=O)OCC1CCCC(O)C1)C(=O)OCC1CCC2OC2C1. The van der Waals surface area contributed by atoms with Gasteiger partial charge in [-0.3, -0.25) is 9.59 Å². The molecule has 2 saturated carbocycles. The number of aliphatic hydroxyl groups is 1. The predicted molar refractivity (Wildman–Crippen MR) is 85.0 cm³/mol. The number of carbonyl (C=O) groups excluding carboxylic acids is 2. The molecule has 136 valence electrons. The van der Waals surface area contributed by atoms with Crippen LogP contribution in [0.25, 0.3) is 0 Å². The molecule has 0 aromatic carbocycles. The molecule has 0 aromatic heterocycles. The number of hydrogen-bond donors (Lipinski definition) is 1. The quantitative estimate of drug-likeness (QED) is 0.451. The van der Waals surface area contributed by atoms with Gasteiger partial charge in [0.05, 0.1) is 31.5 Å². The first-order valence-corrected chi connectivity index (χ1v) is 9.19. The number of rotatable bonds is 6. The van der Waals surface area contributed by atoms with E-state index in [1.165, 1.54) is 6.92 Å². The summed E-state index contributed by atoms with van der Waals surface area (Å²) in [6.45, 7) is 2.16. The molecular weight excluding hydrogens is 312 g/mol. The van der Waals surface area contributed by atoms with Crippen molar-refractivity contribution in [2.24, 2.45) is 17.8 Å². The van der Waals surface area contributed by atoms with Crippen molar-refractivity contribution in [3.63, 3.8) is 0 Å². The van der Waals surface area contributed by atoms with Crippen LogP contribution in [0, 0.1) is 17.8 Å². The van der Waals surface area contributed by atoms with E-state index in [2.05, 4.69) is 0 Å². The first-order valence-electron chi connectivity index (χ1n) is 9.19. The lowest BCUT2D eigenvalue weighted by atomic mass is 9.88. The molecule has 6 atom stereocenters. The average molecular weight is 340 g/mol. The largest absolute Gasteiger partial charge is 0.465 e. The summed E-state index contributed by atoms with van der Waals surface area (Å²) in [5.41, 5.74) is 0. The van der Waals surface area contributed by atoms with Gasteiger partial charge in [-0.2, -0.15) is 0 Å². The van der Waals surface area contributed by atoms with Crippen molar-refractivity contribution in [1.29, 1.82) is 0 Å².